The highest BCUT2D eigenvalue weighted by Crippen LogP contribution is 2.36. The maximum atomic E-state index is 14.7. The molecule has 2 aromatic carbocycles. The Morgan fingerprint density at radius 1 is 1.42 bits per heavy atom. The molecule has 2 rings (SSSR count). The van der Waals surface area contributed by atoms with Gasteiger partial charge in [-0.15, -0.1) is 0 Å². The van der Waals surface area contributed by atoms with Gasteiger partial charge < -0.3 is 4.74 Å². The van der Waals surface area contributed by atoms with Gasteiger partial charge in [-0.05, 0) is 43.2 Å². The summed E-state index contributed by atoms with van der Waals surface area (Å²) < 4.78 is 35.0. The first kappa shape index (κ1) is 18.6. The fourth-order valence-corrected chi connectivity index (χ4v) is 2.80. The van der Waals surface area contributed by atoms with Crippen LogP contribution in [0.2, 0.25) is 5.02 Å². The summed E-state index contributed by atoms with van der Waals surface area (Å²) >= 11 is 9.27. The predicted octanol–water partition coefficient (Wildman–Crippen LogP) is 6.23. The molecule has 0 saturated carbocycles. The Hall–Kier alpha value is -1.72. The maximum Gasteiger partial charge on any atom is 0.156 e. The lowest BCUT2D eigenvalue weighted by Crippen LogP contribution is -2.01. The van der Waals surface area contributed by atoms with Gasteiger partial charge in [0.2, 0.25) is 0 Å². The van der Waals surface area contributed by atoms with E-state index in [9.17, 15) is 13.6 Å². The van der Waals surface area contributed by atoms with Crippen LogP contribution in [0.1, 0.15) is 34.0 Å². The fourth-order valence-electron chi connectivity index (χ4n) is 2.17. The van der Waals surface area contributed by atoms with Gasteiger partial charge in [-0.2, -0.15) is 0 Å². The first-order valence-corrected chi connectivity index (χ1v) is 8.30. The molecule has 0 aromatic heterocycles. The van der Waals surface area contributed by atoms with E-state index >= 15 is 0 Å². The molecule has 0 N–H and O–H groups in total. The fraction of sp³-hybridized carbons (Fsp3) is 0.167. The summed E-state index contributed by atoms with van der Waals surface area (Å²) in [6.45, 7) is 3.71. The number of hydrogen-bond acceptors (Lipinski definition) is 2. The van der Waals surface area contributed by atoms with Gasteiger partial charge in [-0.1, -0.05) is 39.7 Å². The van der Waals surface area contributed by atoms with Crippen LogP contribution in [0.25, 0.3) is 11.9 Å². The first-order chi connectivity index (χ1) is 11.4. The van der Waals surface area contributed by atoms with Crippen molar-refractivity contribution in [2.75, 3.05) is 6.61 Å². The number of rotatable bonds is 5. The molecule has 0 amide bonds. The Bertz CT molecular complexity index is 819. The maximum absolute atomic E-state index is 14.7. The normalized spacial score (nSPS) is 11.5. The van der Waals surface area contributed by atoms with Crippen molar-refractivity contribution in [2.45, 2.75) is 13.8 Å². The molecule has 0 unspecified atom stereocenters. The van der Waals surface area contributed by atoms with Crippen LogP contribution in [0.3, 0.4) is 0 Å². The lowest BCUT2D eigenvalue weighted by atomic mass is 10.0. The Morgan fingerprint density at radius 2 is 2.12 bits per heavy atom. The van der Waals surface area contributed by atoms with E-state index in [0.29, 0.717) is 11.8 Å². The first-order valence-electron chi connectivity index (χ1n) is 7.13. The SMILES string of the molecule is CCOc1cc(C(F)=Cc2cccc(Br)c2C)c(Cl)c(F)c1C=O. The molecule has 0 radical (unpaired) electrons. The number of carbonyl (C=O) groups is 1. The summed E-state index contributed by atoms with van der Waals surface area (Å²) in [5.41, 5.74) is 0.967. The van der Waals surface area contributed by atoms with Gasteiger partial charge in [0, 0.05) is 10.0 Å². The zero-order valence-electron chi connectivity index (χ0n) is 13.0. The molecular formula is C18H14BrClF2O2. The van der Waals surface area contributed by atoms with E-state index < -0.39 is 16.7 Å². The molecule has 24 heavy (non-hydrogen) atoms. The van der Waals surface area contributed by atoms with Crippen molar-refractivity contribution in [3.05, 3.63) is 61.8 Å². The van der Waals surface area contributed by atoms with Gasteiger partial charge in [0.15, 0.2) is 12.1 Å². The second-order valence-electron chi connectivity index (χ2n) is 4.96. The number of ether oxygens (including phenoxy) is 1. The third-order valence-corrected chi connectivity index (χ3v) is 4.70. The van der Waals surface area contributed by atoms with Gasteiger partial charge in [-0.3, -0.25) is 4.79 Å². The van der Waals surface area contributed by atoms with Crippen molar-refractivity contribution in [1.82, 2.24) is 0 Å². The van der Waals surface area contributed by atoms with Gasteiger partial charge in [0.25, 0.3) is 0 Å². The van der Waals surface area contributed by atoms with Crippen LogP contribution in [0.5, 0.6) is 5.75 Å². The molecule has 0 bridgehead atoms. The third-order valence-electron chi connectivity index (χ3n) is 3.47. The molecule has 6 heteroatoms. The molecule has 0 saturated heterocycles. The molecule has 0 aliphatic carbocycles. The van der Waals surface area contributed by atoms with Crippen molar-refractivity contribution < 1.29 is 18.3 Å². The number of hydrogen-bond donors (Lipinski definition) is 0. The van der Waals surface area contributed by atoms with E-state index in [1.54, 1.807) is 19.1 Å². The van der Waals surface area contributed by atoms with Gasteiger partial charge in [0.05, 0.1) is 17.2 Å². The van der Waals surface area contributed by atoms with Crippen LogP contribution < -0.4 is 4.74 Å². The van der Waals surface area contributed by atoms with E-state index in [1.807, 2.05) is 13.0 Å². The summed E-state index contributed by atoms with van der Waals surface area (Å²) in [5, 5.41) is -0.457. The monoisotopic (exact) mass is 414 g/mol. The lowest BCUT2D eigenvalue weighted by Gasteiger charge is -2.12. The van der Waals surface area contributed by atoms with E-state index in [1.165, 1.54) is 12.1 Å². The Kier molecular flexibility index (Phi) is 6.13. The van der Waals surface area contributed by atoms with E-state index in [2.05, 4.69) is 15.9 Å². The van der Waals surface area contributed by atoms with E-state index in [0.717, 1.165) is 10.0 Å². The highest BCUT2D eigenvalue weighted by atomic mass is 79.9. The topological polar surface area (TPSA) is 26.3 Å². The summed E-state index contributed by atoms with van der Waals surface area (Å²) in [5.74, 6) is -1.76. The van der Waals surface area contributed by atoms with E-state index in [-0.39, 0.29) is 23.5 Å². The standard InChI is InChI=1S/C18H14BrClF2O2/c1-3-24-16-8-12(17(20)18(22)13(16)9-23)15(21)7-11-5-4-6-14(19)10(11)2/h4-9H,3H2,1-2H3. The van der Waals surface area contributed by atoms with Crippen molar-refractivity contribution in [1.29, 1.82) is 0 Å². The number of halogens is 4. The average molecular weight is 416 g/mol. The molecule has 0 aliphatic heterocycles. The Labute approximate surface area is 152 Å². The van der Waals surface area contributed by atoms with Gasteiger partial charge >= 0.3 is 0 Å². The zero-order valence-corrected chi connectivity index (χ0v) is 15.3. The Balaban J connectivity index is 2.60. The van der Waals surface area contributed by atoms with Crippen LogP contribution in [0.15, 0.2) is 28.7 Å². The average Bonchev–Trinajstić information content (AvgIpc) is 2.55. The molecule has 0 atom stereocenters. The molecule has 0 spiro atoms. The van der Waals surface area contributed by atoms with Crippen LogP contribution >= 0.6 is 27.5 Å². The number of benzene rings is 2. The molecular weight excluding hydrogens is 402 g/mol. The van der Waals surface area contributed by atoms with Crippen LogP contribution in [-0.2, 0) is 0 Å². The van der Waals surface area contributed by atoms with Crippen LogP contribution in [0.4, 0.5) is 8.78 Å². The molecule has 2 nitrogen and oxygen atoms in total. The molecule has 0 heterocycles. The van der Waals surface area contributed by atoms with E-state index in [4.69, 9.17) is 16.3 Å². The summed E-state index contributed by atoms with van der Waals surface area (Å²) in [6, 6.07) is 6.56. The number of aldehydes is 1. The minimum Gasteiger partial charge on any atom is -0.493 e. The summed E-state index contributed by atoms with van der Waals surface area (Å²) in [7, 11) is 0. The zero-order chi connectivity index (χ0) is 17.9. The third kappa shape index (κ3) is 3.68. The predicted molar refractivity (Wildman–Crippen MR) is 95.8 cm³/mol. The number of carbonyl (C=O) groups excluding carboxylic acids is 1. The summed E-state index contributed by atoms with van der Waals surface area (Å²) in [4.78, 5) is 11.0. The molecule has 2 aromatic rings. The molecule has 0 fully saturated rings. The van der Waals surface area contributed by atoms with Crippen molar-refractivity contribution in [3.63, 3.8) is 0 Å². The smallest absolute Gasteiger partial charge is 0.156 e. The molecule has 0 aliphatic rings. The van der Waals surface area contributed by atoms with Crippen molar-refractivity contribution in [2.24, 2.45) is 0 Å². The lowest BCUT2D eigenvalue weighted by molar-refractivity contribution is 0.111. The van der Waals surface area contributed by atoms with Gasteiger partial charge in [-0.25, -0.2) is 8.78 Å². The molecule has 126 valence electrons. The van der Waals surface area contributed by atoms with Crippen molar-refractivity contribution >= 4 is 45.7 Å². The second kappa shape index (κ2) is 7.90. The van der Waals surface area contributed by atoms with Gasteiger partial charge in [0.1, 0.15) is 11.6 Å². The highest BCUT2D eigenvalue weighted by Gasteiger charge is 2.20. The largest absolute Gasteiger partial charge is 0.493 e. The van der Waals surface area contributed by atoms with Crippen LogP contribution in [-0.4, -0.2) is 12.9 Å². The second-order valence-corrected chi connectivity index (χ2v) is 6.19. The highest BCUT2D eigenvalue weighted by molar-refractivity contribution is 9.10. The minimum absolute atomic E-state index is 0.0427. The Morgan fingerprint density at radius 3 is 2.75 bits per heavy atom. The van der Waals surface area contributed by atoms with Crippen molar-refractivity contribution in [3.8, 4) is 5.75 Å². The quantitative estimate of drug-likeness (QED) is 0.427. The van der Waals surface area contributed by atoms with Crippen LogP contribution in [0, 0.1) is 12.7 Å². The minimum atomic E-state index is -0.998. The summed E-state index contributed by atoms with van der Waals surface area (Å²) in [6.07, 6.45) is 1.56.